The first-order chi connectivity index (χ1) is 8.24. The molecule has 0 unspecified atom stereocenters. The molecule has 0 radical (unpaired) electrons. The maximum Gasteiger partial charge on any atom is 0.119 e. The summed E-state index contributed by atoms with van der Waals surface area (Å²) < 4.78 is 6.80. The number of halogens is 1. The molecule has 1 aromatic rings. The number of hydrogen-bond acceptors (Lipinski definition) is 3. The van der Waals surface area contributed by atoms with Gasteiger partial charge in [0.05, 0.1) is 0 Å². The van der Waals surface area contributed by atoms with Gasteiger partial charge in [-0.25, -0.2) is 0 Å². The SMILES string of the molecule is C[C@@H]1CN(CCOc2ccc(Br)cc2)CCN1. The van der Waals surface area contributed by atoms with Gasteiger partial charge in [-0.3, -0.25) is 4.90 Å². The number of hydrogen-bond donors (Lipinski definition) is 1. The quantitative estimate of drug-likeness (QED) is 0.922. The van der Waals surface area contributed by atoms with Crippen LogP contribution in [0.2, 0.25) is 0 Å². The molecule has 4 heteroatoms. The third-order valence-corrected chi connectivity index (χ3v) is 3.47. The normalized spacial score (nSPS) is 21.4. The van der Waals surface area contributed by atoms with Crippen molar-refractivity contribution < 1.29 is 4.74 Å². The van der Waals surface area contributed by atoms with Gasteiger partial charge < -0.3 is 10.1 Å². The summed E-state index contributed by atoms with van der Waals surface area (Å²) in [5.74, 6) is 0.941. The minimum Gasteiger partial charge on any atom is -0.492 e. The molecule has 1 heterocycles. The fourth-order valence-corrected chi connectivity index (χ4v) is 2.30. The highest BCUT2D eigenvalue weighted by Crippen LogP contribution is 2.15. The predicted octanol–water partition coefficient (Wildman–Crippen LogP) is 2.12. The Labute approximate surface area is 111 Å². The highest BCUT2D eigenvalue weighted by Gasteiger charge is 2.14. The molecule has 1 atom stereocenters. The van der Waals surface area contributed by atoms with Gasteiger partial charge in [-0.05, 0) is 31.2 Å². The first-order valence-corrected chi connectivity index (χ1v) is 6.87. The maximum atomic E-state index is 5.72. The van der Waals surface area contributed by atoms with E-state index in [1.54, 1.807) is 0 Å². The van der Waals surface area contributed by atoms with Crippen molar-refractivity contribution >= 4 is 15.9 Å². The lowest BCUT2D eigenvalue weighted by atomic mass is 10.2. The number of benzene rings is 1. The number of piperazine rings is 1. The summed E-state index contributed by atoms with van der Waals surface area (Å²) in [6.07, 6.45) is 0. The number of rotatable bonds is 4. The summed E-state index contributed by atoms with van der Waals surface area (Å²) in [4.78, 5) is 2.44. The largest absolute Gasteiger partial charge is 0.492 e. The summed E-state index contributed by atoms with van der Waals surface area (Å²) in [5.41, 5.74) is 0. The molecule has 94 valence electrons. The van der Waals surface area contributed by atoms with Crippen LogP contribution in [0.15, 0.2) is 28.7 Å². The third-order valence-electron chi connectivity index (χ3n) is 2.94. The molecule has 1 aromatic carbocycles. The second-order valence-electron chi connectivity index (χ2n) is 4.46. The van der Waals surface area contributed by atoms with Crippen molar-refractivity contribution in [3.63, 3.8) is 0 Å². The molecule has 17 heavy (non-hydrogen) atoms. The Morgan fingerprint density at radius 1 is 1.41 bits per heavy atom. The molecule has 0 spiro atoms. The lowest BCUT2D eigenvalue weighted by Gasteiger charge is -2.31. The number of ether oxygens (including phenoxy) is 1. The molecule has 0 saturated carbocycles. The highest BCUT2D eigenvalue weighted by molar-refractivity contribution is 9.10. The molecule has 0 amide bonds. The first-order valence-electron chi connectivity index (χ1n) is 6.08. The van der Waals surface area contributed by atoms with Crippen LogP contribution in [0.4, 0.5) is 0 Å². The van der Waals surface area contributed by atoms with Gasteiger partial charge in [0.15, 0.2) is 0 Å². The van der Waals surface area contributed by atoms with Gasteiger partial charge in [0, 0.05) is 36.7 Å². The van der Waals surface area contributed by atoms with Gasteiger partial charge in [0.25, 0.3) is 0 Å². The second kappa shape index (κ2) is 6.38. The fourth-order valence-electron chi connectivity index (χ4n) is 2.04. The van der Waals surface area contributed by atoms with Crippen molar-refractivity contribution in [1.29, 1.82) is 0 Å². The Bertz CT molecular complexity index is 342. The van der Waals surface area contributed by atoms with Crippen molar-refractivity contribution in [3.8, 4) is 5.75 Å². The zero-order valence-electron chi connectivity index (χ0n) is 10.2. The Balaban J connectivity index is 1.70. The van der Waals surface area contributed by atoms with Crippen LogP contribution in [0, 0.1) is 0 Å². The average molecular weight is 299 g/mol. The smallest absolute Gasteiger partial charge is 0.119 e. The minimum absolute atomic E-state index is 0.594. The predicted molar refractivity (Wildman–Crippen MR) is 73.5 cm³/mol. The van der Waals surface area contributed by atoms with E-state index in [2.05, 4.69) is 33.1 Å². The Kier molecular flexibility index (Phi) is 4.83. The lowest BCUT2D eigenvalue weighted by Crippen LogP contribution is -2.50. The van der Waals surface area contributed by atoms with Crippen LogP contribution in [0.3, 0.4) is 0 Å². The molecule has 1 fully saturated rings. The third kappa shape index (κ3) is 4.30. The average Bonchev–Trinajstić information content (AvgIpc) is 2.32. The van der Waals surface area contributed by atoms with Crippen LogP contribution in [-0.2, 0) is 0 Å². The number of nitrogens with zero attached hydrogens (tertiary/aromatic N) is 1. The molecule has 2 rings (SSSR count). The van der Waals surface area contributed by atoms with Gasteiger partial charge in [0.1, 0.15) is 12.4 Å². The Hall–Kier alpha value is -0.580. The summed E-state index contributed by atoms with van der Waals surface area (Å²) in [6, 6.07) is 8.58. The van der Waals surface area contributed by atoms with Gasteiger partial charge in [-0.15, -0.1) is 0 Å². The van der Waals surface area contributed by atoms with Crippen LogP contribution >= 0.6 is 15.9 Å². The molecular formula is C13H19BrN2O. The van der Waals surface area contributed by atoms with E-state index in [9.17, 15) is 0 Å². The van der Waals surface area contributed by atoms with Crippen molar-refractivity contribution in [2.45, 2.75) is 13.0 Å². The topological polar surface area (TPSA) is 24.5 Å². The van der Waals surface area contributed by atoms with Gasteiger partial charge in [-0.2, -0.15) is 0 Å². The van der Waals surface area contributed by atoms with E-state index in [1.807, 2.05) is 24.3 Å². The van der Waals surface area contributed by atoms with Crippen molar-refractivity contribution in [1.82, 2.24) is 10.2 Å². The van der Waals surface area contributed by atoms with Crippen LogP contribution in [-0.4, -0.2) is 43.7 Å². The Morgan fingerprint density at radius 2 is 2.18 bits per heavy atom. The first kappa shape index (κ1) is 12.9. The van der Waals surface area contributed by atoms with E-state index in [1.165, 1.54) is 0 Å². The summed E-state index contributed by atoms with van der Waals surface area (Å²) >= 11 is 3.41. The van der Waals surface area contributed by atoms with E-state index in [4.69, 9.17) is 4.74 Å². The van der Waals surface area contributed by atoms with E-state index in [0.29, 0.717) is 6.04 Å². The van der Waals surface area contributed by atoms with Crippen molar-refractivity contribution in [2.75, 3.05) is 32.8 Å². The fraction of sp³-hybridized carbons (Fsp3) is 0.538. The van der Waals surface area contributed by atoms with Gasteiger partial charge in [-0.1, -0.05) is 15.9 Å². The molecule has 3 nitrogen and oxygen atoms in total. The van der Waals surface area contributed by atoms with E-state index in [0.717, 1.165) is 43.0 Å². The zero-order chi connectivity index (χ0) is 12.1. The lowest BCUT2D eigenvalue weighted by molar-refractivity contribution is 0.170. The molecule has 0 aromatic heterocycles. The van der Waals surface area contributed by atoms with E-state index in [-0.39, 0.29) is 0 Å². The van der Waals surface area contributed by atoms with Crippen molar-refractivity contribution in [3.05, 3.63) is 28.7 Å². The van der Waals surface area contributed by atoms with Crippen LogP contribution < -0.4 is 10.1 Å². The molecule has 1 N–H and O–H groups in total. The summed E-state index contributed by atoms with van der Waals surface area (Å²) in [7, 11) is 0. The van der Waals surface area contributed by atoms with Gasteiger partial charge >= 0.3 is 0 Å². The minimum atomic E-state index is 0.594. The zero-order valence-corrected chi connectivity index (χ0v) is 11.7. The van der Waals surface area contributed by atoms with E-state index >= 15 is 0 Å². The van der Waals surface area contributed by atoms with Crippen molar-refractivity contribution in [2.24, 2.45) is 0 Å². The van der Waals surface area contributed by atoms with Crippen LogP contribution in [0.1, 0.15) is 6.92 Å². The molecular weight excluding hydrogens is 280 g/mol. The molecule has 0 aliphatic carbocycles. The number of nitrogens with one attached hydrogen (secondary N) is 1. The molecule has 1 aliphatic rings. The van der Waals surface area contributed by atoms with Gasteiger partial charge in [0.2, 0.25) is 0 Å². The standard InChI is InChI=1S/C13H19BrN2O/c1-11-10-16(7-6-15-11)8-9-17-13-4-2-12(14)3-5-13/h2-5,11,15H,6-10H2,1H3/t11-/m1/s1. The van der Waals surface area contributed by atoms with Crippen LogP contribution in [0.25, 0.3) is 0 Å². The highest BCUT2D eigenvalue weighted by atomic mass is 79.9. The summed E-state index contributed by atoms with van der Waals surface area (Å²) in [6.45, 7) is 7.30. The molecule has 0 bridgehead atoms. The van der Waals surface area contributed by atoms with E-state index < -0.39 is 0 Å². The Morgan fingerprint density at radius 3 is 2.88 bits per heavy atom. The monoisotopic (exact) mass is 298 g/mol. The molecule has 1 aliphatic heterocycles. The second-order valence-corrected chi connectivity index (χ2v) is 5.37. The summed E-state index contributed by atoms with van der Waals surface area (Å²) in [5, 5.41) is 3.44. The maximum absolute atomic E-state index is 5.72. The molecule has 1 saturated heterocycles. The van der Waals surface area contributed by atoms with Crippen LogP contribution in [0.5, 0.6) is 5.75 Å².